The quantitative estimate of drug-likeness (QED) is 0.780. The van der Waals surface area contributed by atoms with Crippen LogP contribution in [0, 0.1) is 6.92 Å². The molecule has 0 radical (unpaired) electrons. The third kappa shape index (κ3) is 4.16. The molecular formula is C14H21Cl2NO2. The summed E-state index contributed by atoms with van der Waals surface area (Å²) in [6.45, 7) is 7.50. The Morgan fingerprint density at radius 1 is 1.42 bits per heavy atom. The van der Waals surface area contributed by atoms with E-state index in [0.717, 1.165) is 36.7 Å². The van der Waals surface area contributed by atoms with Gasteiger partial charge < -0.3 is 9.47 Å². The molecule has 1 aromatic rings. The van der Waals surface area contributed by atoms with Crippen molar-refractivity contribution in [3.63, 3.8) is 0 Å². The highest BCUT2D eigenvalue weighted by atomic mass is 35.5. The van der Waals surface area contributed by atoms with Gasteiger partial charge in [-0.15, -0.1) is 24.0 Å². The first kappa shape index (κ1) is 16.4. The lowest BCUT2D eigenvalue weighted by molar-refractivity contribution is 0.0612. The second-order valence-electron chi connectivity index (χ2n) is 4.54. The second-order valence-corrected chi connectivity index (χ2v) is 4.91. The molecule has 0 spiro atoms. The fourth-order valence-electron chi connectivity index (χ4n) is 2.17. The van der Waals surface area contributed by atoms with Crippen molar-refractivity contribution in [2.75, 3.05) is 32.1 Å². The molecule has 0 fully saturated rings. The molecule has 1 heterocycles. The predicted octanol–water partition coefficient (Wildman–Crippen LogP) is 3.12. The van der Waals surface area contributed by atoms with Gasteiger partial charge in [-0.3, -0.25) is 4.90 Å². The standard InChI is InChI=1S/C14H20ClNO2.ClH/c1-3-16(8-7-15)9-12-10-17-14-11(2)5-4-6-13(14)18-12;/h4-6,12H,3,7-10H2,1-2H3;1H. The summed E-state index contributed by atoms with van der Waals surface area (Å²) >= 11 is 5.78. The number of alkyl halides is 1. The first-order valence-corrected chi connectivity index (χ1v) is 6.95. The van der Waals surface area contributed by atoms with Crippen LogP contribution in [0.3, 0.4) is 0 Å². The molecule has 1 atom stereocenters. The number of fused-ring (bicyclic) bond motifs is 1. The fourth-order valence-corrected chi connectivity index (χ4v) is 2.41. The van der Waals surface area contributed by atoms with Crippen LogP contribution in [0.4, 0.5) is 0 Å². The number of rotatable bonds is 5. The molecular weight excluding hydrogens is 285 g/mol. The van der Waals surface area contributed by atoms with Crippen molar-refractivity contribution in [1.29, 1.82) is 0 Å². The van der Waals surface area contributed by atoms with Crippen LogP contribution < -0.4 is 9.47 Å². The number of ether oxygens (including phenoxy) is 2. The van der Waals surface area contributed by atoms with Gasteiger partial charge >= 0.3 is 0 Å². The molecule has 0 aromatic heterocycles. The Hall–Kier alpha value is -0.640. The summed E-state index contributed by atoms with van der Waals surface area (Å²) < 4.78 is 11.8. The van der Waals surface area contributed by atoms with Gasteiger partial charge in [0.15, 0.2) is 11.5 Å². The molecule has 0 saturated carbocycles. The van der Waals surface area contributed by atoms with Gasteiger partial charge in [-0.1, -0.05) is 19.1 Å². The molecule has 2 rings (SSSR count). The lowest BCUT2D eigenvalue weighted by Crippen LogP contribution is -2.41. The van der Waals surface area contributed by atoms with Gasteiger partial charge in [0.1, 0.15) is 12.7 Å². The van der Waals surface area contributed by atoms with Gasteiger partial charge in [-0.25, -0.2) is 0 Å². The maximum atomic E-state index is 5.98. The van der Waals surface area contributed by atoms with Crippen molar-refractivity contribution in [2.24, 2.45) is 0 Å². The number of likely N-dealkylation sites (N-methyl/N-ethyl adjacent to an activating group) is 1. The fraction of sp³-hybridized carbons (Fsp3) is 0.571. The molecule has 3 nitrogen and oxygen atoms in total. The topological polar surface area (TPSA) is 21.7 Å². The smallest absolute Gasteiger partial charge is 0.164 e. The molecule has 0 aliphatic carbocycles. The monoisotopic (exact) mass is 305 g/mol. The normalized spacial score (nSPS) is 17.2. The van der Waals surface area contributed by atoms with E-state index in [2.05, 4.69) is 11.8 Å². The third-order valence-electron chi connectivity index (χ3n) is 3.19. The number of halogens is 2. The maximum Gasteiger partial charge on any atom is 0.164 e. The number of hydrogen-bond donors (Lipinski definition) is 0. The first-order chi connectivity index (χ1) is 8.74. The molecule has 1 aliphatic heterocycles. The number of benzene rings is 1. The molecule has 0 N–H and O–H groups in total. The average molecular weight is 306 g/mol. The van der Waals surface area contributed by atoms with Crippen LogP contribution >= 0.6 is 24.0 Å². The molecule has 1 aliphatic rings. The zero-order valence-electron chi connectivity index (χ0n) is 11.4. The predicted molar refractivity (Wildman–Crippen MR) is 81.2 cm³/mol. The highest BCUT2D eigenvalue weighted by molar-refractivity contribution is 6.18. The summed E-state index contributed by atoms with van der Waals surface area (Å²) in [6.07, 6.45) is 0.0856. The number of para-hydroxylation sites is 1. The minimum Gasteiger partial charge on any atom is -0.486 e. The van der Waals surface area contributed by atoms with E-state index >= 15 is 0 Å². The van der Waals surface area contributed by atoms with Crippen molar-refractivity contribution in [2.45, 2.75) is 20.0 Å². The van der Waals surface area contributed by atoms with Crippen LogP contribution in [0.1, 0.15) is 12.5 Å². The molecule has 0 amide bonds. The highest BCUT2D eigenvalue weighted by Crippen LogP contribution is 2.34. The Kier molecular flexibility index (Phi) is 6.76. The summed E-state index contributed by atoms with van der Waals surface area (Å²) in [5.74, 6) is 2.39. The average Bonchev–Trinajstić information content (AvgIpc) is 2.38. The van der Waals surface area contributed by atoms with E-state index < -0.39 is 0 Å². The Morgan fingerprint density at radius 3 is 2.89 bits per heavy atom. The van der Waals surface area contributed by atoms with Crippen molar-refractivity contribution in [3.8, 4) is 11.5 Å². The molecule has 1 unspecified atom stereocenters. The first-order valence-electron chi connectivity index (χ1n) is 6.42. The molecule has 5 heteroatoms. The van der Waals surface area contributed by atoms with Crippen molar-refractivity contribution < 1.29 is 9.47 Å². The number of aryl methyl sites for hydroxylation is 1. The molecule has 19 heavy (non-hydrogen) atoms. The van der Waals surface area contributed by atoms with E-state index in [1.54, 1.807) is 0 Å². The lowest BCUT2D eigenvalue weighted by atomic mass is 10.2. The maximum absolute atomic E-state index is 5.98. The van der Waals surface area contributed by atoms with Crippen LogP contribution in [0.25, 0.3) is 0 Å². The minimum atomic E-state index is 0. The van der Waals surface area contributed by atoms with Crippen LogP contribution in [0.5, 0.6) is 11.5 Å². The molecule has 1 aromatic carbocycles. The summed E-state index contributed by atoms with van der Waals surface area (Å²) in [4.78, 5) is 2.28. The van der Waals surface area contributed by atoms with Gasteiger partial charge in [0.2, 0.25) is 0 Å². The van der Waals surface area contributed by atoms with E-state index in [0.29, 0.717) is 12.5 Å². The van der Waals surface area contributed by atoms with Crippen LogP contribution in [-0.2, 0) is 0 Å². The zero-order valence-corrected chi connectivity index (χ0v) is 13.0. The summed E-state index contributed by atoms with van der Waals surface area (Å²) in [5, 5.41) is 0. The van der Waals surface area contributed by atoms with E-state index in [4.69, 9.17) is 21.1 Å². The van der Waals surface area contributed by atoms with Gasteiger partial charge in [0.25, 0.3) is 0 Å². The lowest BCUT2D eigenvalue weighted by Gasteiger charge is -2.31. The van der Waals surface area contributed by atoms with Crippen LogP contribution in [0.15, 0.2) is 18.2 Å². The van der Waals surface area contributed by atoms with Gasteiger partial charge in [-0.2, -0.15) is 0 Å². The minimum absolute atomic E-state index is 0. The zero-order chi connectivity index (χ0) is 13.0. The second kappa shape index (κ2) is 7.83. The third-order valence-corrected chi connectivity index (χ3v) is 3.36. The van der Waals surface area contributed by atoms with E-state index in [-0.39, 0.29) is 18.5 Å². The number of hydrogen-bond acceptors (Lipinski definition) is 3. The summed E-state index contributed by atoms with van der Waals surface area (Å²) in [6, 6.07) is 6.00. The van der Waals surface area contributed by atoms with E-state index in [1.807, 2.05) is 25.1 Å². The van der Waals surface area contributed by atoms with Gasteiger partial charge in [-0.05, 0) is 25.1 Å². The van der Waals surface area contributed by atoms with Crippen LogP contribution in [-0.4, -0.2) is 43.1 Å². The Labute approximate surface area is 126 Å². The SMILES string of the molecule is CCN(CCCl)CC1COc2c(C)cccc2O1.Cl. The Balaban J connectivity index is 0.00000180. The van der Waals surface area contributed by atoms with E-state index in [1.165, 1.54) is 0 Å². The van der Waals surface area contributed by atoms with Crippen molar-refractivity contribution in [3.05, 3.63) is 23.8 Å². The highest BCUT2D eigenvalue weighted by Gasteiger charge is 2.23. The van der Waals surface area contributed by atoms with Gasteiger partial charge in [0, 0.05) is 19.0 Å². The van der Waals surface area contributed by atoms with Crippen molar-refractivity contribution >= 4 is 24.0 Å². The summed E-state index contributed by atoms with van der Waals surface area (Å²) in [7, 11) is 0. The van der Waals surface area contributed by atoms with E-state index in [9.17, 15) is 0 Å². The Bertz CT molecular complexity index is 401. The largest absolute Gasteiger partial charge is 0.486 e. The van der Waals surface area contributed by atoms with Crippen molar-refractivity contribution in [1.82, 2.24) is 4.90 Å². The number of nitrogens with zero attached hydrogens (tertiary/aromatic N) is 1. The van der Waals surface area contributed by atoms with Crippen LogP contribution in [0.2, 0.25) is 0 Å². The molecule has 108 valence electrons. The molecule has 0 saturated heterocycles. The molecule has 0 bridgehead atoms. The Morgan fingerprint density at radius 2 is 2.21 bits per heavy atom. The summed E-state index contributed by atoms with van der Waals surface area (Å²) in [5.41, 5.74) is 1.12. The van der Waals surface area contributed by atoms with Gasteiger partial charge in [0.05, 0.1) is 0 Å².